The van der Waals surface area contributed by atoms with Crippen molar-refractivity contribution in [2.45, 2.75) is 12.8 Å². The molecule has 62 valence electrons. The highest BCUT2D eigenvalue weighted by Gasteiger charge is 2.19. The van der Waals surface area contributed by atoms with E-state index in [0.29, 0.717) is 11.4 Å². The first-order chi connectivity index (χ1) is 5.79. The van der Waals surface area contributed by atoms with Gasteiger partial charge in [0.25, 0.3) is 0 Å². The molecule has 3 N–H and O–H groups in total. The summed E-state index contributed by atoms with van der Waals surface area (Å²) >= 11 is 0. The number of aliphatic hydroxyl groups excluding tert-OH is 1. The van der Waals surface area contributed by atoms with Crippen molar-refractivity contribution in [1.82, 2.24) is 0 Å². The number of nitrogen functional groups attached to an aromatic ring is 1. The highest BCUT2D eigenvalue weighted by Crippen LogP contribution is 2.36. The second-order valence-corrected chi connectivity index (χ2v) is 3.04. The summed E-state index contributed by atoms with van der Waals surface area (Å²) in [5.41, 5.74) is 8.23. The minimum atomic E-state index is 0.383. The standard InChI is InChI=1S/C10H11NO/c11-9-4-2-1-3-8(9)10(12)7-5-6-7/h1-4,12H,5-6,11H2. The van der Waals surface area contributed by atoms with Gasteiger partial charge >= 0.3 is 0 Å². The highest BCUT2D eigenvalue weighted by atomic mass is 16.3. The van der Waals surface area contributed by atoms with Gasteiger partial charge in [0, 0.05) is 11.3 Å². The van der Waals surface area contributed by atoms with Gasteiger partial charge in [0.05, 0.1) is 0 Å². The van der Waals surface area contributed by atoms with Crippen molar-refractivity contribution >= 4 is 11.4 Å². The Kier molecular flexibility index (Phi) is 1.54. The summed E-state index contributed by atoms with van der Waals surface area (Å²) in [6.07, 6.45) is 2.03. The summed E-state index contributed by atoms with van der Waals surface area (Å²) in [5, 5.41) is 9.64. The highest BCUT2D eigenvalue weighted by molar-refractivity contribution is 5.73. The second kappa shape index (κ2) is 2.55. The molecule has 1 aromatic carbocycles. The maximum Gasteiger partial charge on any atom is 0.124 e. The van der Waals surface area contributed by atoms with Gasteiger partial charge in [-0.25, -0.2) is 0 Å². The molecule has 0 aliphatic heterocycles. The Labute approximate surface area is 71.3 Å². The maximum absolute atomic E-state index is 9.64. The van der Waals surface area contributed by atoms with Crippen LogP contribution in [0.5, 0.6) is 0 Å². The normalized spacial score (nSPS) is 14.5. The summed E-state index contributed by atoms with van der Waals surface area (Å²) in [4.78, 5) is 0. The third-order valence-corrected chi connectivity index (χ3v) is 2.05. The van der Waals surface area contributed by atoms with E-state index in [9.17, 15) is 5.11 Å². The van der Waals surface area contributed by atoms with E-state index in [1.807, 2.05) is 18.2 Å². The molecule has 0 unspecified atom stereocenters. The van der Waals surface area contributed by atoms with Crippen LogP contribution in [0.4, 0.5) is 5.69 Å². The van der Waals surface area contributed by atoms with Crippen LogP contribution in [0.15, 0.2) is 29.8 Å². The zero-order valence-corrected chi connectivity index (χ0v) is 6.75. The molecule has 0 aromatic heterocycles. The number of allylic oxidation sites excluding steroid dienone is 1. The van der Waals surface area contributed by atoms with Crippen molar-refractivity contribution in [2.24, 2.45) is 0 Å². The molecule has 1 fully saturated rings. The molecule has 2 nitrogen and oxygen atoms in total. The number of benzene rings is 1. The summed E-state index contributed by atoms with van der Waals surface area (Å²) in [7, 11) is 0. The predicted molar refractivity (Wildman–Crippen MR) is 49.6 cm³/mol. The molecule has 1 aliphatic carbocycles. The summed E-state index contributed by atoms with van der Waals surface area (Å²) in [6, 6.07) is 7.39. The van der Waals surface area contributed by atoms with Crippen molar-refractivity contribution in [3.05, 3.63) is 35.4 Å². The topological polar surface area (TPSA) is 46.2 Å². The van der Waals surface area contributed by atoms with Crippen LogP contribution in [-0.2, 0) is 0 Å². The lowest BCUT2D eigenvalue weighted by molar-refractivity contribution is 0.510. The predicted octanol–water partition coefficient (Wildman–Crippen LogP) is 2.33. The fourth-order valence-electron chi connectivity index (χ4n) is 1.20. The van der Waals surface area contributed by atoms with Crippen LogP contribution in [0.2, 0.25) is 0 Å². The van der Waals surface area contributed by atoms with Crippen molar-refractivity contribution < 1.29 is 5.11 Å². The van der Waals surface area contributed by atoms with E-state index in [2.05, 4.69) is 0 Å². The SMILES string of the molecule is Nc1ccccc1C(O)=C1CC1. The molecule has 0 atom stereocenters. The average molecular weight is 161 g/mol. The lowest BCUT2D eigenvalue weighted by atomic mass is 10.1. The van der Waals surface area contributed by atoms with E-state index in [1.54, 1.807) is 6.07 Å². The van der Waals surface area contributed by atoms with E-state index in [0.717, 1.165) is 24.0 Å². The molecule has 0 heterocycles. The number of hydrogen-bond donors (Lipinski definition) is 2. The van der Waals surface area contributed by atoms with Crippen molar-refractivity contribution in [2.75, 3.05) is 5.73 Å². The van der Waals surface area contributed by atoms with Crippen molar-refractivity contribution in [1.29, 1.82) is 0 Å². The molecule has 0 bridgehead atoms. The number of para-hydroxylation sites is 1. The molecule has 1 aliphatic rings. The van der Waals surface area contributed by atoms with Gasteiger partial charge in [-0.15, -0.1) is 0 Å². The van der Waals surface area contributed by atoms with Gasteiger partial charge in [-0.05, 0) is 30.5 Å². The van der Waals surface area contributed by atoms with Gasteiger partial charge in [0.2, 0.25) is 0 Å². The first-order valence-corrected chi connectivity index (χ1v) is 4.05. The molecule has 2 heteroatoms. The Morgan fingerprint density at radius 3 is 2.50 bits per heavy atom. The quantitative estimate of drug-likeness (QED) is 0.490. The Balaban J connectivity index is 2.46. The minimum Gasteiger partial charge on any atom is -0.507 e. The zero-order valence-electron chi connectivity index (χ0n) is 6.75. The molecule has 0 spiro atoms. The Hall–Kier alpha value is -1.44. The Morgan fingerprint density at radius 1 is 1.25 bits per heavy atom. The lowest BCUT2D eigenvalue weighted by Gasteiger charge is -2.02. The van der Waals surface area contributed by atoms with Crippen molar-refractivity contribution in [3.8, 4) is 0 Å². The second-order valence-electron chi connectivity index (χ2n) is 3.04. The molecule has 0 saturated heterocycles. The van der Waals surface area contributed by atoms with Gasteiger partial charge in [0.15, 0.2) is 0 Å². The molecule has 12 heavy (non-hydrogen) atoms. The van der Waals surface area contributed by atoms with E-state index in [1.165, 1.54) is 0 Å². The fraction of sp³-hybridized carbons (Fsp3) is 0.200. The van der Waals surface area contributed by atoms with Gasteiger partial charge in [-0.2, -0.15) is 0 Å². The van der Waals surface area contributed by atoms with Crippen LogP contribution in [-0.4, -0.2) is 5.11 Å². The van der Waals surface area contributed by atoms with Crippen molar-refractivity contribution in [3.63, 3.8) is 0 Å². The smallest absolute Gasteiger partial charge is 0.124 e. The monoisotopic (exact) mass is 161 g/mol. The Morgan fingerprint density at radius 2 is 1.92 bits per heavy atom. The van der Waals surface area contributed by atoms with Crippen LogP contribution in [0.25, 0.3) is 5.76 Å². The fourth-order valence-corrected chi connectivity index (χ4v) is 1.20. The van der Waals surface area contributed by atoms with Crippen LogP contribution >= 0.6 is 0 Å². The molecule has 1 saturated carbocycles. The van der Waals surface area contributed by atoms with Gasteiger partial charge in [-0.1, -0.05) is 12.1 Å². The minimum absolute atomic E-state index is 0.383. The Bertz CT molecular complexity index is 335. The number of anilines is 1. The number of hydrogen-bond acceptors (Lipinski definition) is 2. The number of rotatable bonds is 1. The average Bonchev–Trinajstić information content (AvgIpc) is 2.86. The first-order valence-electron chi connectivity index (χ1n) is 4.05. The van der Waals surface area contributed by atoms with Crippen LogP contribution in [0.3, 0.4) is 0 Å². The van der Waals surface area contributed by atoms with E-state index >= 15 is 0 Å². The van der Waals surface area contributed by atoms with E-state index in [-0.39, 0.29) is 0 Å². The van der Waals surface area contributed by atoms with Gasteiger partial charge in [-0.3, -0.25) is 0 Å². The molecular weight excluding hydrogens is 150 g/mol. The van der Waals surface area contributed by atoms with Gasteiger partial charge in [0.1, 0.15) is 5.76 Å². The van der Waals surface area contributed by atoms with E-state index < -0.39 is 0 Å². The third-order valence-electron chi connectivity index (χ3n) is 2.05. The first kappa shape index (κ1) is 7.22. The maximum atomic E-state index is 9.64. The zero-order chi connectivity index (χ0) is 8.55. The largest absolute Gasteiger partial charge is 0.507 e. The number of nitrogens with two attached hydrogens (primary N) is 1. The molecule has 0 radical (unpaired) electrons. The van der Waals surface area contributed by atoms with Crippen LogP contribution in [0.1, 0.15) is 18.4 Å². The van der Waals surface area contributed by atoms with E-state index in [4.69, 9.17) is 5.73 Å². The number of aliphatic hydroxyl groups is 1. The molecule has 2 rings (SSSR count). The summed E-state index contributed by atoms with van der Waals surface area (Å²) in [6.45, 7) is 0. The molecule has 1 aromatic rings. The lowest BCUT2D eigenvalue weighted by Crippen LogP contribution is -1.92. The summed E-state index contributed by atoms with van der Waals surface area (Å²) < 4.78 is 0. The van der Waals surface area contributed by atoms with Crippen LogP contribution in [0, 0.1) is 0 Å². The third kappa shape index (κ3) is 1.16. The summed E-state index contributed by atoms with van der Waals surface area (Å²) in [5.74, 6) is 0.383. The van der Waals surface area contributed by atoms with Gasteiger partial charge < -0.3 is 10.8 Å². The van der Waals surface area contributed by atoms with Crippen LogP contribution < -0.4 is 5.73 Å². The molecular formula is C10H11NO. The molecule has 0 amide bonds.